The van der Waals surface area contributed by atoms with Gasteiger partial charge < -0.3 is 15.3 Å². The lowest BCUT2D eigenvalue weighted by molar-refractivity contribution is 0.0629. The molecule has 1 aliphatic rings. The van der Waals surface area contributed by atoms with Gasteiger partial charge in [-0.25, -0.2) is 0 Å². The van der Waals surface area contributed by atoms with Gasteiger partial charge in [0, 0.05) is 12.0 Å². The first-order chi connectivity index (χ1) is 9.17. The van der Waals surface area contributed by atoms with Gasteiger partial charge in [-0.15, -0.1) is 0 Å². The predicted octanol–water partition coefficient (Wildman–Crippen LogP) is 2.92. The minimum Gasteiger partial charge on any atom is -0.452 e. The topological polar surface area (TPSA) is 59.4 Å². The largest absolute Gasteiger partial charge is 0.452 e. The van der Waals surface area contributed by atoms with Crippen LogP contribution >= 0.6 is 15.9 Å². The predicted molar refractivity (Wildman–Crippen MR) is 76.9 cm³/mol. The first-order valence-corrected chi connectivity index (χ1v) is 7.18. The van der Waals surface area contributed by atoms with Crippen molar-refractivity contribution in [3.63, 3.8) is 0 Å². The highest BCUT2D eigenvalue weighted by Crippen LogP contribution is 2.47. The second kappa shape index (κ2) is 4.78. The first kappa shape index (κ1) is 12.9. The summed E-state index contributed by atoms with van der Waals surface area (Å²) in [5.41, 5.74) is 8.00. The van der Waals surface area contributed by atoms with E-state index < -0.39 is 11.5 Å². The first-order valence-electron chi connectivity index (χ1n) is 6.39. The Bertz CT molecular complexity index is 595. The number of nitrogens with two attached hydrogens (primary N) is 1. The van der Waals surface area contributed by atoms with Crippen molar-refractivity contribution in [3.05, 3.63) is 58.0 Å². The number of aliphatic hydroxyl groups excluding tert-OH is 1. The Labute approximate surface area is 120 Å². The highest BCUT2D eigenvalue weighted by Gasteiger charge is 2.45. The van der Waals surface area contributed by atoms with Gasteiger partial charge >= 0.3 is 0 Å². The van der Waals surface area contributed by atoms with Crippen LogP contribution in [0.4, 0.5) is 0 Å². The van der Waals surface area contributed by atoms with Gasteiger partial charge in [0.25, 0.3) is 0 Å². The van der Waals surface area contributed by atoms with E-state index in [4.69, 9.17) is 10.2 Å². The molecule has 3 nitrogen and oxygen atoms in total. The molecular weight excluding hydrogens is 306 g/mol. The Morgan fingerprint density at radius 2 is 2.11 bits per heavy atom. The molecule has 19 heavy (non-hydrogen) atoms. The highest BCUT2D eigenvalue weighted by atomic mass is 79.9. The molecule has 2 unspecified atom stereocenters. The normalized spacial score (nSPS) is 23.3. The Kier molecular flexibility index (Phi) is 3.25. The fourth-order valence-electron chi connectivity index (χ4n) is 3.07. The molecule has 0 saturated heterocycles. The second-order valence-corrected chi connectivity index (χ2v) is 5.84. The summed E-state index contributed by atoms with van der Waals surface area (Å²) in [6.07, 6.45) is 1.08. The molecule has 0 radical (unpaired) electrons. The van der Waals surface area contributed by atoms with Crippen LogP contribution in [0.1, 0.15) is 29.4 Å². The Morgan fingerprint density at radius 1 is 1.32 bits per heavy atom. The molecule has 2 atom stereocenters. The van der Waals surface area contributed by atoms with Gasteiger partial charge in [0.1, 0.15) is 11.9 Å². The minimum absolute atomic E-state index is 0.406. The minimum atomic E-state index is -0.715. The molecule has 3 rings (SSSR count). The zero-order valence-electron chi connectivity index (χ0n) is 10.5. The summed E-state index contributed by atoms with van der Waals surface area (Å²) in [4.78, 5) is 0. The molecule has 0 bridgehead atoms. The molecule has 3 N–H and O–H groups in total. The van der Waals surface area contributed by atoms with Crippen molar-refractivity contribution in [2.45, 2.75) is 24.4 Å². The molecule has 1 aromatic carbocycles. The molecule has 1 heterocycles. The lowest BCUT2D eigenvalue weighted by Crippen LogP contribution is -2.39. The summed E-state index contributed by atoms with van der Waals surface area (Å²) in [6.45, 7) is 0.406. The molecule has 1 aromatic heterocycles. The number of hydrogen-bond donors (Lipinski definition) is 2. The smallest absolute Gasteiger partial charge is 0.169 e. The summed E-state index contributed by atoms with van der Waals surface area (Å²) < 4.78 is 6.14. The van der Waals surface area contributed by atoms with Crippen LogP contribution < -0.4 is 5.73 Å². The van der Waals surface area contributed by atoms with E-state index in [2.05, 4.69) is 28.1 Å². The van der Waals surface area contributed by atoms with Crippen LogP contribution in [-0.4, -0.2) is 11.7 Å². The van der Waals surface area contributed by atoms with E-state index >= 15 is 0 Å². The quantitative estimate of drug-likeness (QED) is 0.913. The molecule has 4 heteroatoms. The maximum atomic E-state index is 10.7. The molecule has 1 aliphatic carbocycles. The number of rotatable bonds is 3. The highest BCUT2D eigenvalue weighted by molar-refractivity contribution is 9.10. The van der Waals surface area contributed by atoms with Crippen molar-refractivity contribution < 1.29 is 9.52 Å². The maximum Gasteiger partial charge on any atom is 0.169 e. The van der Waals surface area contributed by atoms with Gasteiger partial charge in [-0.2, -0.15) is 0 Å². The van der Waals surface area contributed by atoms with E-state index in [0.717, 1.165) is 18.4 Å². The van der Waals surface area contributed by atoms with Crippen molar-refractivity contribution >= 4 is 15.9 Å². The summed E-state index contributed by atoms with van der Waals surface area (Å²) in [6, 6.07) is 11.8. The van der Waals surface area contributed by atoms with E-state index in [9.17, 15) is 5.11 Å². The molecule has 0 aliphatic heterocycles. The summed E-state index contributed by atoms with van der Waals surface area (Å²) in [5.74, 6) is 0.564. The number of halogens is 1. The van der Waals surface area contributed by atoms with Crippen LogP contribution in [0.3, 0.4) is 0 Å². The fourth-order valence-corrected chi connectivity index (χ4v) is 3.39. The van der Waals surface area contributed by atoms with Crippen molar-refractivity contribution in [3.8, 4) is 0 Å². The van der Waals surface area contributed by atoms with Crippen LogP contribution in [0, 0.1) is 0 Å². The van der Waals surface area contributed by atoms with E-state index in [1.54, 1.807) is 12.1 Å². The van der Waals surface area contributed by atoms with E-state index in [1.807, 2.05) is 12.1 Å². The third-order valence-electron chi connectivity index (χ3n) is 4.15. The molecular formula is C15H16BrNO2. The van der Waals surface area contributed by atoms with Crippen LogP contribution in [0.25, 0.3) is 0 Å². The number of furan rings is 1. The lowest BCUT2D eigenvalue weighted by Gasteiger charge is -2.33. The average molecular weight is 322 g/mol. The zero-order valence-corrected chi connectivity index (χ0v) is 12.1. The number of aryl methyl sites for hydroxylation is 1. The van der Waals surface area contributed by atoms with Gasteiger partial charge in [-0.05, 0) is 52.0 Å². The molecule has 0 amide bonds. The SMILES string of the molecule is NCC1(C(O)c2ccc(Br)o2)CCc2ccccc21. The van der Waals surface area contributed by atoms with Crippen LogP contribution in [0.15, 0.2) is 45.5 Å². The van der Waals surface area contributed by atoms with Crippen LogP contribution in [0.2, 0.25) is 0 Å². The molecule has 0 saturated carbocycles. The average Bonchev–Trinajstić information content (AvgIpc) is 3.02. The second-order valence-electron chi connectivity index (χ2n) is 5.06. The summed E-state index contributed by atoms with van der Waals surface area (Å²) >= 11 is 3.27. The Morgan fingerprint density at radius 3 is 2.79 bits per heavy atom. The Balaban J connectivity index is 2.06. The van der Waals surface area contributed by atoms with Gasteiger partial charge in [0.05, 0.1) is 0 Å². The van der Waals surface area contributed by atoms with Crippen molar-refractivity contribution in [1.29, 1.82) is 0 Å². The van der Waals surface area contributed by atoms with E-state index in [1.165, 1.54) is 5.56 Å². The number of aliphatic hydroxyl groups is 1. The van der Waals surface area contributed by atoms with E-state index in [-0.39, 0.29) is 0 Å². The maximum absolute atomic E-state index is 10.7. The standard InChI is InChI=1S/C15H16BrNO2/c16-13-6-5-12(19-13)14(18)15(9-17)8-7-10-3-1-2-4-11(10)15/h1-6,14,18H,7-9,17H2. The van der Waals surface area contributed by atoms with Crippen LogP contribution in [0.5, 0.6) is 0 Å². The third kappa shape index (κ3) is 1.95. The molecule has 0 fully saturated rings. The number of hydrogen-bond acceptors (Lipinski definition) is 3. The molecule has 0 spiro atoms. The number of benzene rings is 1. The molecule has 100 valence electrons. The van der Waals surface area contributed by atoms with Crippen LogP contribution in [-0.2, 0) is 11.8 Å². The zero-order chi connectivity index (χ0) is 13.5. The van der Waals surface area contributed by atoms with Gasteiger partial charge in [0.2, 0.25) is 0 Å². The van der Waals surface area contributed by atoms with Gasteiger partial charge in [-0.3, -0.25) is 0 Å². The Hall–Kier alpha value is -1.10. The lowest BCUT2D eigenvalue weighted by atomic mass is 9.76. The summed E-state index contributed by atoms with van der Waals surface area (Å²) in [7, 11) is 0. The van der Waals surface area contributed by atoms with Crippen molar-refractivity contribution in [2.75, 3.05) is 6.54 Å². The monoisotopic (exact) mass is 321 g/mol. The van der Waals surface area contributed by atoms with E-state index in [0.29, 0.717) is 17.0 Å². The van der Waals surface area contributed by atoms with Gasteiger partial charge in [-0.1, -0.05) is 24.3 Å². The molecule has 2 aromatic rings. The summed E-state index contributed by atoms with van der Waals surface area (Å²) in [5, 5.41) is 10.7. The van der Waals surface area contributed by atoms with Gasteiger partial charge in [0.15, 0.2) is 4.67 Å². The van der Waals surface area contributed by atoms with Crippen molar-refractivity contribution in [1.82, 2.24) is 0 Å². The third-order valence-corrected chi connectivity index (χ3v) is 4.57. The number of fused-ring (bicyclic) bond motifs is 1. The van der Waals surface area contributed by atoms with Crippen molar-refractivity contribution in [2.24, 2.45) is 5.73 Å². The fraction of sp³-hybridized carbons (Fsp3) is 0.333.